The molecule has 0 aliphatic carbocycles. The second-order valence-electron chi connectivity index (χ2n) is 4.89. The number of alkyl halides is 1. The van der Waals surface area contributed by atoms with Gasteiger partial charge in [0.05, 0.1) is 7.11 Å². The zero-order valence-corrected chi connectivity index (χ0v) is 11.3. The molecular weight excluding hydrogens is 255 g/mol. The smallest absolute Gasteiger partial charge is 0.165 e. The Balaban J connectivity index is 2.14. The zero-order chi connectivity index (χ0) is 13.0. The van der Waals surface area contributed by atoms with E-state index in [1.165, 1.54) is 7.11 Å². The predicted molar refractivity (Wildman–Crippen MR) is 69.9 cm³/mol. The molecule has 0 amide bonds. The molecule has 100 valence electrons. The summed E-state index contributed by atoms with van der Waals surface area (Å²) in [5.41, 5.74) is 1.01. The summed E-state index contributed by atoms with van der Waals surface area (Å²) in [6.07, 6.45) is 2.66. The van der Waals surface area contributed by atoms with E-state index in [1.807, 2.05) is 6.07 Å². The Labute approximate surface area is 112 Å². The molecule has 1 aliphatic rings. The average molecular weight is 273 g/mol. The lowest BCUT2D eigenvalue weighted by Gasteiger charge is -2.35. The SMILES string of the molecule is COc1ccc(CC2(CCl)CCOCC2)cc1F. The van der Waals surface area contributed by atoms with Crippen LogP contribution in [0.3, 0.4) is 0 Å². The Morgan fingerprint density at radius 1 is 1.39 bits per heavy atom. The number of methoxy groups -OCH3 is 1. The van der Waals surface area contributed by atoms with Crippen molar-refractivity contribution in [3.8, 4) is 5.75 Å². The highest BCUT2D eigenvalue weighted by atomic mass is 35.5. The molecule has 1 fully saturated rings. The molecule has 0 aromatic heterocycles. The van der Waals surface area contributed by atoms with Gasteiger partial charge in [0.25, 0.3) is 0 Å². The minimum Gasteiger partial charge on any atom is -0.494 e. The number of ether oxygens (including phenoxy) is 2. The third kappa shape index (κ3) is 2.96. The fourth-order valence-corrected chi connectivity index (χ4v) is 2.78. The number of hydrogen-bond donors (Lipinski definition) is 0. The van der Waals surface area contributed by atoms with Crippen molar-refractivity contribution < 1.29 is 13.9 Å². The van der Waals surface area contributed by atoms with E-state index < -0.39 is 0 Å². The van der Waals surface area contributed by atoms with Crippen molar-refractivity contribution in [2.75, 3.05) is 26.2 Å². The predicted octanol–water partition coefficient (Wildman–Crippen LogP) is 3.41. The van der Waals surface area contributed by atoms with Gasteiger partial charge in [-0.1, -0.05) is 6.07 Å². The molecule has 18 heavy (non-hydrogen) atoms. The monoisotopic (exact) mass is 272 g/mol. The summed E-state index contributed by atoms with van der Waals surface area (Å²) in [5, 5.41) is 0. The van der Waals surface area contributed by atoms with Gasteiger partial charge in [0.15, 0.2) is 11.6 Å². The van der Waals surface area contributed by atoms with Gasteiger partial charge in [-0.25, -0.2) is 4.39 Å². The fourth-order valence-electron chi connectivity index (χ4n) is 2.41. The lowest BCUT2D eigenvalue weighted by Crippen LogP contribution is -2.33. The number of rotatable bonds is 4. The van der Waals surface area contributed by atoms with Crippen LogP contribution < -0.4 is 4.74 Å². The van der Waals surface area contributed by atoms with Crippen LogP contribution in [0.1, 0.15) is 18.4 Å². The zero-order valence-electron chi connectivity index (χ0n) is 10.5. The van der Waals surface area contributed by atoms with Gasteiger partial charge in [0.1, 0.15) is 0 Å². The van der Waals surface area contributed by atoms with E-state index in [1.54, 1.807) is 12.1 Å². The lowest BCUT2D eigenvalue weighted by atomic mass is 9.77. The number of hydrogen-bond acceptors (Lipinski definition) is 2. The van der Waals surface area contributed by atoms with Crippen LogP contribution in [-0.4, -0.2) is 26.2 Å². The minimum atomic E-state index is -0.313. The molecule has 0 bridgehead atoms. The molecule has 0 N–H and O–H groups in total. The van der Waals surface area contributed by atoms with E-state index in [4.69, 9.17) is 21.1 Å². The normalized spacial score (nSPS) is 18.6. The van der Waals surface area contributed by atoms with E-state index >= 15 is 0 Å². The molecule has 1 aliphatic heterocycles. The van der Waals surface area contributed by atoms with Gasteiger partial charge in [-0.15, -0.1) is 11.6 Å². The highest BCUT2D eigenvalue weighted by molar-refractivity contribution is 6.18. The van der Waals surface area contributed by atoms with Crippen LogP contribution in [0.25, 0.3) is 0 Å². The summed E-state index contributed by atoms with van der Waals surface area (Å²) in [6.45, 7) is 1.48. The highest BCUT2D eigenvalue weighted by Gasteiger charge is 2.32. The van der Waals surface area contributed by atoms with E-state index in [0.717, 1.165) is 38.0 Å². The molecule has 1 saturated heterocycles. The maximum absolute atomic E-state index is 13.7. The number of halogens is 2. The molecule has 0 radical (unpaired) electrons. The summed E-state index contributed by atoms with van der Waals surface area (Å²) in [5.74, 6) is 0.557. The Morgan fingerprint density at radius 3 is 2.67 bits per heavy atom. The van der Waals surface area contributed by atoms with Crippen LogP contribution in [0.15, 0.2) is 18.2 Å². The third-order valence-electron chi connectivity index (χ3n) is 3.63. The largest absolute Gasteiger partial charge is 0.494 e. The summed E-state index contributed by atoms with van der Waals surface area (Å²) in [4.78, 5) is 0. The van der Waals surface area contributed by atoms with Crippen molar-refractivity contribution >= 4 is 11.6 Å². The first-order valence-corrected chi connectivity index (χ1v) is 6.69. The van der Waals surface area contributed by atoms with Crippen molar-refractivity contribution in [1.82, 2.24) is 0 Å². The highest BCUT2D eigenvalue weighted by Crippen LogP contribution is 2.36. The first-order chi connectivity index (χ1) is 8.69. The van der Waals surface area contributed by atoms with Crippen LogP contribution in [-0.2, 0) is 11.2 Å². The van der Waals surface area contributed by atoms with Crippen LogP contribution in [0, 0.1) is 11.2 Å². The van der Waals surface area contributed by atoms with Gasteiger partial charge in [-0.05, 0) is 42.4 Å². The summed E-state index contributed by atoms with van der Waals surface area (Å²) in [6, 6.07) is 5.13. The molecule has 1 heterocycles. The molecule has 0 atom stereocenters. The maximum Gasteiger partial charge on any atom is 0.165 e. The molecular formula is C14H18ClFO2. The van der Waals surface area contributed by atoms with Crippen LogP contribution in [0.2, 0.25) is 0 Å². The Morgan fingerprint density at radius 2 is 2.11 bits per heavy atom. The van der Waals surface area contributed by atoms with Gasteiger partial charge in [0.2, 0.25) is 0 Å². The number of benzene rings is 1. The standard InChI is InChI=1S/C14H18ClFO2/c1-17-13-3-2-11(8-12(13)16)9-14(10-15)4-6-18-7-5-14/h2-3,8H,4-7,9-10H2,1H3. The van der Waals surface area contributed by atoms with E-state index in [-0.39, 0.29) is 17.0 Å². The van der Waals surface area contributed by atoms with Gasteiger partial charge in [0, 0.05) is 19.1 Å². The summed E-state index contributed by atoms with van der Waals surface area (Å²) in [7, 11) is 1.47. The summed E-state index contributed by atoms with van der Waals surface area (Å²) < 4.78 is 23.9. The van der Waals surface area contributed by atoms with Crippen molar-refractivity contribution in [3.05, 3.63) is 29.6 Å². The Hall–Kier alpha value is -0.800. The van der Waals surface area contributed by atoms with E-state index in [9.17, 15) is 4.39 Å². The Kier molecular flexibility index (Phi) is 4.46. The average Bonchev–Trinajstić information content (AvgIpc) is 2.40. The molecule has 1 aromatic carbocycles. The van der Waals surface area contributed by atoms with Crippen molar-refractivity contribution in [2.45, 2.75) is 19.3 Å². The van der Waals surface area contributed by atoms with Gasteiger partial charge in [-0.2, -0.15) is 0 Å². The molecule has 0 spiro atoms. The maximum atomic E-state index is 13.7. The molecule has 0 saturated carbocycles. The molecule has 1 aromatic rings. The van der Waals surface area contributed by atoms with Crippen LogP contribution in [0.5, 0.6) is 5.75 Å². The van der Waals surface area contributed by atoms with Crippen molar-refractivity contribution in [2.24, 2.45) is 5.41 Å². The molecule has 4 heteroatoms. The van der Waals surface area contributed by atoms with Crippen molar-refractivity contribution in [3.63, 3.8) is 0 Å². The quantitative estimate of drug-likeness (QED) is 0.782. The Bertz CT molecular complexity index is 403. The topological polar surface area (TPSA) is 18.5 Å². The second-order valence-corrected chi connectivity index (χ2v) is 5.16. The van der Waals surface area contributed by atoms with E-state index in [0.29, 0.717) is 5.88 Å². The minimum absolute atomic E-state index is 0.0425. The van der Waals surface area contributed by atoms with Crippen molar-refractivity contribution in [1.29, 1.82) is 0 Å². The molecule has 2 rings (SSSR count). The van der Waals surface area contributed by atoms with Crippen LogP contribution in [0.4, 0.5) is 4.39 Å². The summed E-state index contributed by atoms with van der Waals surface area (Å²) >= 11 is 6.11. The first-order valence-electron chi connectivity index (χ1n) is 6.15. The lowest BCUT2D eigenvalue weighted by molar-refractivity contribution is 0.0257. The third-order valence-corrected chi connectivity index (χ3v) is 4.20. The molecule has 0 unspecified atom stereocenters. The van der Waals surface area contributed by atoms with Gasteiger partial charge in [-0.3, -0.25) is 0 Å². The van der Waals surface area contributed by atoms with E-state index in [2.05, 4.69) is 0 Å². The van der Waals surface area contributed by atoms with Crippen LogP contribution >= 0.6 is 11.6 Å². The van der Waals surface area contributed by atoms with Gasteiger partial charge < -0.3 is 9.47 Å². The first kappa shape index (κ1) is 13.6. The molecule has 2 nitrogen and oxygen atoms in total. The fraction of sp³-hybridized carbons (Fsp3) is 0.571. The van der Waals surface area contributed by atoms with Gasteiger partial charge >= 0.3 is 0 Å². The second kappa shape index (κ2) is 5.89.